The summed E-state index contributed by atoms with van der Waals surface area (Å²) < 4.78 is 28.8. The van der Waals surface area contributed by atoms with Gasteiger partial charge in [-0.3, -0.25) is 4.79 Å². The molecule has 0 bridgehead atoms. The highest BCUT2D eigenvalue weighted by Crippen LogP contribution is 2.01. The third-order valence-corrected chi connectivity index (χ3v) is 3.61. The third kappa shape index (κ3) is 4.06. The van der Waals surface area contributed by atoms with Crippen LogP contribution in [0.4, 0.5) is 0 Å². The van der Waals surface area contributed by atoms with Crippen LogP contribution in [0.1, 0.15) is 20.8 Å². The van der Waals surface area contributed by atoms with Gasteiger partial charge in [-0.2, -0.15) is 0 Å². The fourth-order valence-electron chi connectivity index (χ4n) is 1.06. The van der Waals surface area contributed by atoms with Crippen molar-refractivity contribution in [3.8, 4) is 0 Å². The van der Waals surface area contributed by atoms with E-state index in [9.17, 15) is 13.2 Å². The summed E-state index contributed by atoms with van der Waals surface area (Å²) in [6, 6.07) is 0. The molecule has 0 aromatic heterocycles. The molecular formula is C8H17NO4S. The van der Waals surface area contributed by atoms with Crippen LogP contribution in [0.15, 0.2) is 0 Å². The van der Waals surface area contributed by atoms with Crippen LogP contribution < -0.4 is 0 Å². The minimum absolute atomic E-state index is 0.201. The van der Waals surface area contributed by atoms with E-state index in [0.29, 0.717) is 13.1 Å². The Morgan fingerprint density at radius 2 is 1.71 bits per heavy atom. The van der Waals surface area contributed by atoms with Gasteiger partial charge >= 0.3 is 5.97 Å². The zero-order valence-corrected chi connectivity index (χ0v) is 9.63. The van der Waals surface area contributed by atoms with Crippen molar-refractivity contribution in [2.75, 3.05) is 25.4 Å². The molecule has 0 amide bonds. The minimum atomic E-state index is -3.49. The lowest BCUT2D eigenvalue weighted by atomic mass is 10.7. The molecule has 0 aliphatic carbocycles. The first-order chi connectivity index (χ1) is 6.47. The number of carbonyl (C=O) groups excluding carboxylic acids is 1. The smallest absolute Gasteiger partial charge is 0.322 e. The molecule has 0 saturated heterocycles. The third-order valence-electron chi connectivity index (χ3n) is 1.70. The van der Waals surface area contributed by atoms with E-state index in [1.165, 1.54) is 4.31 Å². The van der Waals surface area contributed by atoms with Crippen LogP contribution in [0.5, 0.6) is 0 Å². The van der Waals surface area contributed by atoms with Crippen molar-refractivity contribution in [1.82, 2.24) is 4.31 Å². The van der Waals surface area contributed by atoms with Gasteiger partial charge in [0, 0.05) is 13.1 Å². The van der Waals surface area contributed by atoms with Gasteiger partial charge in [0.15, 0.2) is 5.75 Å². The van der Waals surface area contributed by atoms with Crippen molar-refractivity contribution >= 4 is 16.0 Å². The molecule has 0 unspecified atom stereocenters. The minimum Gasteiger partial charge on any atom is -0.465 e. The molecule has 5 nitrogen and oxygen atoms in total. The normalized spacial score (nSPS) is 11.7. The lowest BCUT2D eigenvalue weighted by Gasteiger charge is -2.17. The second-order valence-electron chi connectivity index (χ2n) is 2.65. The first-order valence-corrected chi connectivity index (χ1v) is 6.22. The van der Waals surface area contributed by atoms with Gasteiger partial charge in [-0.15, -0.1) is 0 Å². The van der Waals surface area contributed by atoms with Gasteiger partial charge in [0.1, 0.15) is 0 Å². The van der Waals surface area contributed by atoms with Crippen molar-refractivity contribution in [2.45, 2.75) is 20.8 Å². The maximum Gasteiger partial charge on any atom is 0.322 e. The first kappa shape index (κ1) is 13.4. The summed E-state index contributed by atoms with van der Waals surface area (Å²) >= 11 is 0. The van der Waals surface area contributed by atoms with E-state index in [4.69, 9.17) is 0 Å². The van der Waals surface area contributed by atoms with E-state index in [2.05, 4.69) is 4.74 Å². The molecular weight excluding hydrogens is 206 g/mol. The highest BCUT2D eigenvalue weighted by molar-refractivity contribution is 7.89. The van der Waals surface area contributed by atoms with Crippen molar-refractivity contribution < 1.29 is 17.9 Å². The number of hydrogen-bond acceptors (Lipinski definition) is 4. The lowest BCUT2D eigenvalue weighted by Crippen LogP contribution is -2.35. The van der Waals surface area contributed by atoms with Crippen LogP contribution in [0.3, 0.4) is 0 Å². The zero-order chi connectivity index (χ0) is 11.2. The molecule has 0 spiro atoms. The van der Waals surface area contributed by atoms with Gasteiger partial charge in [0.05, 0.1) is 6.61 Å². The van der Waals surface area contributed by atoms with Gasteiger partial charge in [0.2, 0.25) is 10.0 Å². The number of ether oxygens (including phenoxy) is 1. The Morgan fingerprint density at radius 1 is 1.21 bits per heavy atom. The quantitative estimate of drug-likeness (QED) is 0.604. The maximum absolute atomic E-state index is 11.5. The highest BCUT2D eigenvalue weighted by atomic mass is 32.2. The van der Waals surface area contributed by atoms with Gasteiger partial charge in [-0.1, -0.05) is 13.8 Å². The predicted octanol–water partition coefficient (Wildman–Crippen LogP) is 0.221. The Balaban J connectivity index is 4.40. The van der Waals surface area contributed by atoms with Gasteiger partial charge in [-0.25, -0.2) is 12.7 Å². The molecule has 0 aromatic carbocycles. The standard InChI is InChI=1S/C8H17NO4S/c1-4-9(5-2)14(11,12)7-8(10)13-6-3/h4-7H2,1-3H3. The van der Waals surface area contributed by atoms with E-state index >= 15 is 0 Å². The van der Waals surface area contributed by atoms with Gasteiger partial charge < -0.3 is 4.74 Å². The average molecular weight is 223 g/mol. The molecule has 0 radical (unpaired) electrons. The molecule has 0 aliphatic rings. The second-order valence-corrected chi connectivity index (χ2v) is 4.61. The summed E-state index contributed by atoms with van der Waals surface area (Å²) in [4.78, 5) is 11.0. The van der Waals surface area contributed by atoms with Crippen LogP contribution >= 0.6 is 0 Å². The average Bonchev–Trinajstić information content (AvgIpc) is 2.04. The van der Waals surface area contributed by atoms with E-state index in [1.807, 2.05) is 0 Å². The summed E-state index contributed by atoms with van der Waals surface area (Å²) in [5.41, 5.74) is 0. The van der Waals surface area contributed by atoms with E-state index in [1.54, 1.807) is 20.8 Å². The molecule has 0 aromatic rings. The monoisotopic (exact) mass is 223 g/mol. The number of sulfonamides is 1. The molecule has 0 fully saturated rings. The summed E-state index contributed by atoms with van der Waals surface area (Å²) in [5, 5.41) is 0. The van der Waals surface area contributed by atoms with E-state index < -0.39 is 21.7 Å². The molecule has 0 atom stereocenters. The largest absolute Gasteiger partial charge is 0.465 e. The Morgan fingerprint density at radius 3 is 2.07 bits per heavy atom. The van der Waals surface area contributed by atoms with Gasteiger partial charge in [-0.05, 0) is 6.92 Å². The summed E-state index contributed by atoms with van der Waals surface area (Å²) in [6.07, 6.45) is 0. The Kier molecular flexibility index (Phi) is 5.71. The molecule has 0 N–H and O–H groups in total. The van der Waals surface area contributed by atoms with Crippen molar-refractivity contribution in [3.63, 3.8) is 0 Å². The Hall–Kier alpha value is -0.620. The maximum atomic E-state index is 11.5. The fourth-order valence-corrected chi connectivity index (χ4v) is 2.41. The molecule has 14 heavy (non-hydrogen) atoms. The predicted molar refractivity (Wildman–Crippen MR) is 53.3 cm³/mol. The lowest BCUT2D eigenvalue weighted by molar-refractivity contribution is -0.140. The van der Waals surface area contributed by atoms with Crippen LogP contribution in [0, 0.1) is 0 Å². The number of hydrogen-bond donors (Lipinski definition) is 0. The second kappa shape index (κ2) is 5.98. The summed E-state index contributed by atoms with van der Waals surface area (Å²) in [7, 11) is -3.49. The van der Waals surface area contributed by atoms with Crippen molar-refractivity contribution in [3.05, 3.63) is 0 Å². The Labute approximate surface area is 85.1 Å². The van der Waals surface area contributed by atoms with Crippen LogP contribution in [0.2, 0.25) is 0 Å². The number of esters is 1. The highest BCUT2D eigenvalue weighted by Gasteiger charge is 2.23. The topological polar surface area (TPSA) is 63.7 Å². The first-order valence-electron chi connectivity index (χ1n) is 4.61. The van der Waals surface area contributed by atoms with E-state index in [-0.39, 0.29) is 6.61 Å². The number of rotatable bonds is 6. The van der Waals surface area contributed by atoms with Gasteiger partial charge in [0.25, 0.3) is 0 Å². The van der Waals surface area contributed by atoms with Crippen LogP contribution in [-0.2, 0) is 19.6 Å². The molecule has 0 saturated carbocycles. The van der Waals surface area contributed by atoms with Crippen molar-refractivity contribution in [2.24, 2.45) is 0 Å². The van der Waals surface area contributed by atoms with Crippen LogP contribution in [-0.4, -0.2) is 44.1 Å². The summed E-state index contributed by atoms with van der Waals surface area (Å²) in [5.74, 6) is -1.26. The number of nitrogens with zero attached hydrogens (tertiary/aromatic N) is 1. The fraction of sp³-hybridized carbons (Fsp3) is 0.875. The molecule has 0 rings (SSSR count). The van der Waals surface area contributed by atoms with Crippen LogP contribution in [0.25, 0.3) is 0 Å². The molecule has 84 valence electrons. The van der Waals surface area contributed by atoms with E-state index in [0.717, 1.165) is 0 Å². The molecule has 0 heterocycles. The van der Waals surface area contributed by atoms with Crippen molar-refractivity contribution in [1.29, 1.82) is 0 Å². The SMILES string of the molecule is CCOC(=O)CS(=O)(=O)N(CC)CC. The molecule has 0 aliphatic heterocycles. The zero-order valence-electron chi connectivity index (χ0n) is 8.82. The Bertz CT molecular complexity index is 269. The molecule has 6 heteroatoms. The summed E-state index contributed by atoms with van der Waals surface area (Å²) in [6.45, 7) is 6.05. The number of carbonyl (C=O) groups is 1.